The van der Waals surface area contributed by atoms with Gasteiger partial charge in [-0.3, -0.25) is 14.3 Å². The van der Waals surface area contributed by atoms with Gasteiger partial charge in [0.2, 0.25) is 15.9 Å². The number of amides is 4. The SMILES string of the molecule is C=Cc1csc(-c2cc(O[C@H]3C[C@H]4C(=O)N(C)CCCC/C=C\[C@H]5C[C@@]5(C(=O)NS(=O)(=O)C5(C)CC5)NC(=O)N4C3)c3ccc(OC)c(Cl)c3n2)n1. The number of allylic oxidation sites excluding steroid dienone is 1. The van der Waals surface area contributed by atoms with Crippen LogP contribution < -0.4 is 19.5 Å². The van der Waals surface area contributed by atoms with Crippen LogP contribution in [-0.2, 0) is 19.6 Å². The monoisotopic (exact) mass is 768 g/mol. The van der Waals surface area contributed by atoms with E-state index in [1.807, 2.05) is 17.5 Å². The van der Waals surface area contributed by atoms with Crippen molar-refractivity contribution in [3.8, 4) is 22.2 Å². The van der Waals surface area contributed by atoms with Crippen molar-refractivity contribution in [2.45, 2.75) is 74.3 Å². The number of likely N-dealkylation sites (N-methyl/N-ethyl adjacent to an activating group) is 1. The number of nitrogens with zero attached hydrogens (tertiary/aromatic N) is 4. The number of nitrogens with one attached hydrogen (secondary N) is 2. The summed E-state index contributed by atoms with van der Waals surface area (Å²) < 4.78 is 39.5. The molecule has 2 aromatic heterocycles. The number of methoxy groups -OCH3 is 1. The van der Waals surface area contributed by atoms with E-state index >= 15 is 0 Å². The molecule has 52 heavy (non-hydrogen) atoms. The Morgan fingerprint density at radius 1 is 1.21 bits per heavy atom. The molecule has 4 amide bonds. The van der Waals surface area contributed by atoms with Gasteiger partial charge in [0.25, 0.3) is 5.91 Å². The molecule has 7 rings (SSSR count). The molecule has 2 N–H and O–H groups in total. The van der Waals surface area contributed by atoms with Crippen LogP contribution in [0.25, 0.3) is 27.7 Å². The Bertz CT molecular complexity index is 2100. The number of pyridine rings is 1. The van der Waals surface area contributed by atoms with Crippen molar-refractivity contribution in [2.24, 2.45) is 5.92 Å². The largest absolute Gasteiger partial charge is 0.495 e. The van der Waals surface area contributed by atoms with Gasteiger partial charge in [0.15, 0.2) is 0 Å². The minimum atomic E-state index is -3.95. The second-order valence-electron chi connectivity index (χ2n) is 14.2. The number of hydrogen-bond acceptors (Lipinski definition) is 10. The second-order valence-corrected chi connectivity index (χ2v) is 17.6. The molecule has 3 fully saturated rings. The minimum absolute atomic E-state index is 0.0194. The number of ether oxygens (including phenoxy) is 2. The zero-order valence-corrected chi connectivity index (χ0v) is 31.6. The standard InChI is InChI=1S/C36H41ClN6O7S2/c1-5-22-20-51-31(38-22)25-17-28(24-11-12-27(49-4)29(37)30(24)39-25)50-23-16-26-32(44)42(3)15-9-7-6-8-10-21-18-36(21,40-34(46)43(26)19-23)33(45)41-52(47,48)35(2)13-14-35/h5,8,10-12,17,20-21,23,26H,1,6-7,9,13-16,18-19H2,2-4H3,(H,40,46)(H,41,45)/b10-8-/t21-,23-,26-,36+/m0/s1. The summed E-state index contributed by atoms with van der Waals surface area (Å²) in [5, 5.41) is 6.25. The van der Waals surface area contributed by atoms with Gasteiger partial charge in [-0.15, -0.1) is 11.3 Å². The molecule has 2 aliphatic carbocycles. The number of hydrogen-bond donors (Lipinski definition) is 2. The maximum atomic E-state index is 14.2. The number of sulfonamides is 1. The average Bonchev–Trinajstić information content (AvgIpc) is 3.90. The summed E-state index contributed by atoms with van der Waals surface area (Å²) in [5.74, 6) is -0.560. The molecule has 3 aromatic rings. The molecule has 4 atom stereocenters. The third kappa shape index (κ3) is 6.62. The quantitative estimate of drug-likeness (QED) is 0.296. The lowest BCUT2D eigenvalue weighted by atomic mass is 10.1. The van der Waals surface area contributed by atoms with Gasteiger partial charge in [-0.05, 0) is 63.7 Å². The lowest BCUT2D eigenvalue weighted by Crippen LogP contribution is -2.58. The fourth-order valence-corrected chi connectivity index (χ4v) is 9.21. The summed E-state index contributed by atoms with van der Waals surface area (Å²) in [6.07, 6.45) is 8.45. The van der Waals surface area contributed by atoms with Crippen LogP contribution >= 0.6 is 22.9 Å². The first kappa shape index (κ1) is 36.2. The number of benzene rings is 1. The Morgan fingerprint density at radius 3 is 2.71 bits per heavy atom. The highest BCUT2D eigenvalue weighted by Gasteiger charge is 2.63. The fourth-order valence-electron chi connectivity index (χ4n) is 6.85. The van der Waals surface area contributed by atoms with Crippen LogP contribution in [0, 0.1) is 5.92 Å². The van der Waals surface area contributed by atoms with E-state index in [4.69, 9.17) is 26.1 Å². The molecule has 0 bridgehead atoms. The molecule has 13 nitrogen and oxygen atoms in total. The molecule has 0 unspecified atom stereocenters. The lowest BCUT2D eigenvalue weighted by Gasteiger charge is -2.30. The summed E-state index contributed by atoms with van der Waals surface area (Å²) in [4.78, 5) is 54.3. The van der Waals surface area contributed by atoms with Crippen molar-refractivity contribution >= 4 is 67.8 Å². The van der Waals surface area contributed by atoms with E-state index in [1.165, 1.54) is 23.3 Å². The van der Waals surface area contributed by atoms with E-state index in [0.717, 1.165) is 19.3 Å². The zero-order chi connectivity index (χ0) is 37.0. The lowest BCUT2D eigenvalue weighted by molar-refractivity contribution is -0.134. The predicted molar refractivity (Wildman–Crippen MR) is 199 cm³/mol. The smallest absolute Gasteiger partial charge is 0.319 e. The zero-order valence-electron chi connectivity index (χ0n) is 29.2. The van der Waals surface area contributed by atoms with Crippen molar-refractivity contribution in [3.05, 3.63) is 53.0 Å². The average molecular weight is 769 g/mol. The number of halogens is 1. The van der Waals surface area contributed by atoms with Crippen molar-refractivity contribution in [3.63, 3.8) is 0 Å². The maximum Gasteiger partial charge on any atom is 0.319 e. The van der Waals surface area contributed by atoms with Crippen molar-refractivity contribution in [1.82, 2.24) is 29.8 Å². The van der Waals surface area contributed by atoms with Crippen molar-refractivity contribution in [1.29, 1.82) is 0 Å². The minimum Gasteiger partial charge on any atom is -0.495 e. The number of carbonyl (C=O) groups is 3. The Labute approximate surface area is 311 Å². The van der Waals surface area contributed by atoms with Crippen LogP contribution in [0.15, 0.2) is 42.3 Å². The number of aromatic nitrogens is 2. The molecule has 1 aromatic carbocycles. The van der Waals surface area contributed by atoms with Crippen LogP contribution in [0.5, 0.6) is 11.5 Å². The predicted octanol–water partition coefficient (Wildman–Crippen LogP) is 5.15. The first-order valence-corrected chi connectivity index (χ1v) is 20.0. The summed E-state index contributed by atoms with van der Waals surface area (Å²) in [6, 6.07) is 3.72. The molecular weight excluding hydrogens is 728 g/mol. The summed E-state index contributed by atoms with van der Waals surface area (Å²) in [7, 11) is -0.720. The Kier molecular flexibility index (Phi) is 9.49. The number of carbonyl (C=O) groups excluding carboxylic acids is 3. The summed E-state index contributed by atoms with van der Waals surface area (Å²) >= 11 is 8.14. The first-order valence-electron chi connectivity index (χ1n) is 17.3. The molecule has 4 heterocycles. The molecule has 276 valence electrons. The Hall–Kier alpha value is -4.21. The highest BCUT2D eigenvalue weighted by Crippen LogP contribution is 2.48. The highest BCUT2D eigenvalue weighted by atomic mass is 35.5. The number of urea groups is 1. The van der Waals surface area contributed by atoms with Gasteiger partial charge in [-0.1, -0.05) is 30.3 Å². The van der Waals surface area contributed by atoms with Gasteiger partial charge >= 0.3 is 6.03 Å². The molecule has 1 saturated heterocycles. The maximum absolute atomic E-state index is 14.2. The highest BCUT2D eigenvalue weighted by molar-refractivity contribution is 7.91. The van der Waals surface area contributed by atoms with E-state index < -0.39 is 50.3 Å². The Balaban J connectivity index is 1.21. The Morgan fingerprint density at radius 2 is 2.00 bits per heavy atom. The molecule has 4 aliphatic rings. The molecule has 2 saturated carbocycles. The normalized spacial score (nSPS) is 26.4. The van der Waals surface area contributed by atoms with Crippen LogP contribution in [0.3, 0.4) is 0 Å². The van der Waals surface area contributed by atoms with Crippen LogP contribution in [0.2, 0.25) is 5.02 Å². The fraction of sp³-hybridized carbons (Fsp3) is 0.472. The molecule has 2 aliphatic heterocycles. The van der Waals surface area contributed by atoms with Crippen LogP contribution in [0.1, 0.15) is 57.6 Å². The molecule has 0 spiro atoms. The molecule has 0 radical (unpaired) electrons. The van der Waals surface area contributed by atoms with Gasteiger partial charge in [-0.2, -0.15) is 0 Å². The topological polar surface area (TPSA) is 160 Å². The van der Waals surface area contributed by atoms with Crippen LogP contribution in [-0.4, -0.2) is 95.7 Å². The van der Waals surface area contributed by atoms with Gasteiger partial charge in [0.05, 0.1) is 29.6 Å². The summed E-state index contributed by atoms with van der Waals surface area (Å²) in [5.41, 5.74) is 0.166. The van der Waals surface area contributed by atoms with E-state index in [2.05, 4.69) is 21.6 Å². The van der Waals surface area contributed by atoms with Crippen molar-refractivity contribution < 1.29 is 32.3 Å². The van der Waals surface area contributed by atoms with E-state index in [9.17, 15) is 22.8 Å². The van der Waals surface area contributed by atoms with Gasteiger partial charge in [0, 0.05) is 42.8 Å². The third-order valence-corrected chi connectivity index (χ3v) is 14.0. The molecular formula is C36H41ClN6O7S2. The van der Waals surface area contributed by atoms with Gasteiger partial charge in [0.1, 0.15) is 44.9 Å². The second kappa shape index (κ2) is 13.6. The number of fused-ring (bicyclic) bond motifs is 3. The third-order valence-electron chi connectivity index (χ3n) is 10.6. The van der Waals surface area contributed by atoms with E-state index in [-0.39, 0.29) is 25.3 Å². The molecule has 16 heteroatoms. The van der Waals surface area contributed by atoms with Crippen molar-refractivity contribution in [2.75, 3.05) is 27.2 Å². The van der Waals surface area contributed by atoms with Gasteiger partial charge in [-0.25, -0.2) is 23.2 Å². The number of rotatable bonds is 8. The van der Waals surface area contributed by atoms with Gasteiger partial charge < -0.3 is 24.6 Å². The van der Waals surface area contributed by atoms with E-state index in [1.54, 1.807) is 43.1 Å². The first-order chi connectivity index (χ1) is 24.8. The van der Waals surface area contributed by atoms with E-state index in [0.29, 0.717) is 63.2 Å². The van der Waals surface area contributed by atoms with Crippen LogP contribution in [0.4, 0.5) is 4.79 Å². The summed E-state index contributed by atoms with van der Waals surface area (Å²) in [6.45, 7) is 5.93. The number of thiazole rings is 1.